The van der Waals surface area contributed by atoms with Gasteiger partial charge in [0.25, 0.3) is 0 Å². The molecule has 76 valence electrons. The van der Waals surface area contributed by atoms with E-state index >= 15 is 0 Å². The lowest BCUT2D eigenvalue weighted by molar-refractivity contribution is 0.490. The highest BCUT2D eigenvalue weighted by Gasteiger charge is 2.12. The van der Waals surface area contributed by atoms with Crippen molar-refractivity contribution in [1.29, 1.82) is 0 Å². The van der Waals surface area contributed by atoms with Crippen LogP contribution in [0.4, 0.5) is 5.82 Å². The standard InChI is InChI=1S/C10H16N4/c1-14(2)13-10-7-11-8-5-3-4-6-9(8)12-10/h7H,3-6H2,1-2H3,(H,12,13). The van der Waals surface area contributed by atoms with E-state index in [1.165, 1.54) is 24.2 Å². The molecule has 1 aromatic rings. The molecule has 0 bridgehead atoms. The smallest absolute Gasteiger partial charge is 0.159 e. The molecule has 0 unspecified atom stereocenters. The molecule has 4 heteroatoms. The summed E-state index contributed by atoms with van der Waals surface area (Å²) in [7, 11) is 3.89. The van der Waals surface area contributed by atoms with Gasteiger partial charge in [-0.05, 0) is 25.7 Å². The van der Waals surface area contributed by atoms with Gasteiger partial charge in [0.2, 0.25) is 0 Å². The summed E-state index contributed by atoms with van der Waals surface area (Å²) in [5.74, 6) is 0.843. The van der Waals surface area contributed by atoms with Crippen LogP contribution in [-0.2, 0) is 12.8 Å². The van der Waals surface area contributed by atoms with Gasteiger partial charge in [-0.3, -0.25) is 4.98 Å². The maximum absolute atomic E-state index is 4.54. The van der Waals surface area contributed by atoms with Crippen molar-refractivity contribution in [1.82, 2.24) is 15.0 Å². The lowest BCUT2D eigenvalue weighted by Crippen LogP contribution is -2.21. The average molecular weight is 192 g/mol. The fraction of sp³-hybridized carbons (Fsp3) is 0.600. The zero-order valence-electron chi connectivity index (χ0n) is 8.75. The Kier molecular flexibility index (Phi) is 2.63. The van der Waals surface area contributed by atoms with Crippen LogP contribution in [0.15, 0.2) is 6.20 Å². The molecule has 0 aliphatic heterocycles. The Hall–Kier alpha value is -1.16. The van der Waals surface area contributed by atoms with Crippen molar-refractivity contribution >= 4 is 5.82 Å². The number of nitrogens with zero attached hydrogens (tertiary/aromatic N) is 3. The first-order valence-electron chi connectivity index (χ1n) is 5.04. The maximum Gasteiger partial charge on any atom is 0.159 e. The normalized spacial score (nSPS) is 15.4. The molecule has 0 radical (unpaired) electrons. The molecule has 0 aromatic carbocycles. The van der Waals surface area contributed by atoms with Crippen molar-refractivity contribution in [3.8, 4) is 0 Å². The molecular weight excluding hydrogens is 176 g/mol. The molecule has 4 nitrogen and oxygen atoms in total. The monoisotopic (exact) mass is 192 g/mol. The van der Waals surface area contributed by atoms with E-state index in [1.807, 2.05) is 25.3 Å². The van der Waals surface area contributed by atoms with Gasteiger partial charge in [-0.15, -0.1) is 0 Å². The van der Waals surface area contributed by atoms with Crippen molar-refractivity contribution in [3.05, 3.63) is 17.6 Å². The predicted octanol–water partition coefficient (Wildman–Crippen LogP) is 1.24. The maximum atomic E-state index is 4.54. The molecule has 2 rings (SSSR count). The van der Waals surface area contributed by atoms with Gasteiger partial charge in [-0.25, -0.2) is 9.99 Å². The Morgan fingerprint density at radius 2 is 1.93 bits per heavy atom. The highest BCUT2D eigenvalue weighted by Crippen LogP contribution is 2.18. The largest absolute Gasteiger partial charge is 0.302 e. The van der Waals surface area contributed by atoms with Gasteiger partial charge in [-0.2, -0.15) is 0 Å². The summed E-state index contributed by atoms with van der Waals surface area (Å²) >= 11 is 0. The number of hydrogen-bond acceptors (Lipinski definition) is 4. The van der Waals surface area contributed by atoms with Crippen LogP contribution in [0.3, 0.4) is 0 Å². The van der Waals surface area contributed by atoms with Gasteiger partial charge in [0, 0.05) is 14.1 Å². The SMILES string of the molecule is CN(C)Nc1cnc2c(n1)CCCC2. The molecule has 1 aromatic heterocycles. The van der Waals surface area contributed by atoms with Crippen molar-refractivity contribution in [2.45, 2.75) is 25.7 Å². The van der Waals surface area contributed by atoms with Gasteiger partial charge < -0.3 is 5.43 Å². The number of aryl methyl sites for hydroxylation is 2. The zero-order valence-corrected chi connectivity index (χ0v) is 8.75. The van der Waals surface area contributed by atoms with Gasteiger partial charge in [0.05, 0.1) is 17.6 Å². The van der Waals surface area contributed by atoms with E-state index in [-0.39, 0.29) is 0 Å². The number of aromatic nitrogens is 2. The summed E-state index contributed by atoms with van der Waals surface area (Å²) in [5.41, 5.74) is 5.47. The van der Waals surface area contributed by atoms with E-state index < -0.39 is 0 Å². The third-order valence-electron chi connectivity index (χ3n) is 2.35. The molecule has 0 fully saturated rings. The van der Waals surface area contributed by atoms with Gasteiger partial charge in [-0.1, -0.05) is 0 Å². The summed E-state index contributed by atoms with van der Waals surface area (Å²) in [6.07, 6.45) is 6.47. The van der Waals surface area contributed by atoms with Crippen LogP contribution in [0.5, 0.6) is 0 Å². The Morgan fingerprint density at radius 3 is 2.64 bits per heavy atom. The van der Waals surface area contributed by atoms with Crippen LogP contribution in [0.1, 0.15) is 24.2 Å². The second kappa shape index (κ2) is 3.92. The summed E-state index contributed by atoms with van der Waals surface area (Å²) in [4.78, 5) is 8.96. The van der Waals surface area contributed by atoms with Crippen molar-refractivity contribution in [2.24, 2.45) is 0 Å². The topological polar surface area (TPSA) is 41.0 Å². The first kappa shape index (κ1) is 9.40. The highest BCUT2D eigenvalue weighted by atomic mass is 15.5. The molecule has 0 amide bonds. The van der Waals surface area contributed by atoms with Crippen LogP contribution >= 0.6 is 0 Å². The van der Waals surface area contributed by atoms with Gasteiger partial charge in [0.15, 0.2) is 5.82 Å². The number of anilines is 1. The fourth-order valence-electron chi connectivity index (χ4n) is 1.73. The van der Waals surface area contributed by atoms with Gasteiger partial charge >= 0.3 is 0 Å². The molecule has 1 heterocycles. The molecule has 1 N–H and O–H groups in total. The van der Waals surface area contributed by atoms with E-state index in [0.717, 1.165) is 18.7 Å². The van der Waals surface area contributed by atoms with Crippen LogP contribution in [0, 0.1) is 0 Å². The second-order valence-corrected chi connectivity index (χ2v) is 3.86. The molecular formula is C10H16N4. The summed E-state index contributed by atoms with van der Waals surface area (Å²) < 4.78 is 0. The molecule has 1 aliphatic carbocycles. The second-order valence-electron chi connectivity index (χ2n) is 3.86. The summed E-state index contributed by atoms with van der Waals surface area (Å²) in [5, 5.41) is 1.87. The lowest BCUT2D eigenvalue weighted by Gasteiger charge is -2.17. The van der Waals surface area contributed by atoms with Crippen molar-refractivity contribution in [3.63, 3.8) is 0 Å². The van der Waals surface area contributed by atoms with E-state index in [1.54, 1.807) is 0 Å². The molecule has 14 heavy (non-hydrogen) atoms. The molecule has 0 atom stereocenters. The van der Waals surface area contributed by atoms with E-state index in [0.29, 0.717) is 0 Å². The molecule has 0 saturated carbocycles. The zero-order chi connectivity index (χ0) is 9.97. The minimum absolute atomic E-state index is 0.843. The Labute approximate surface area is 84.3 Å². The Bertz CT molecular complexity index is 322. The minimum Gasteiger partial charge on any atom is -0.302 e. The summed E-state index contributed by atoms with van der Waals surface area (Å²) in [6, 6.07) is 0. The molecule has 0 spiro atoms. The first-order chi connectivity index (χ1) is 6.75. The number of fused-ring (bicyclic) bond motifs is 1. The van der Waals surface area contributed by atoms with E-state index in [2.05, 4.69) is 15.4 Å². The van der Waals surface area contributed by atoms with E-state index in [4.69, 9.17) is 0 Å². The quantitative estimate of drug-likeness (QED) is 0.716. The first-order valence-corrected chi connectivity index (χ1v) is 5.04. The average Bonchev–Trinajstić information content (AvgIpc) is 2.17. The molecule has 0 saturated heterocycles. The predicted molar refractivity (Wildman–Crippen MR) is 56.0 cm³/mol. The summed E-state index contributed by atoms with van der Waals surface area (Å²) in [6.45, 7) is 0. The number of nitrogens with one attached hydrogen (secondary N) is 1. The van der Waals surface area contributed by atoms with Crippen LogP contribution < -0.4 is 5.43 Å². The highest BCUT2D eigenvalue weighted by molar-refractivity contribution is 5.33. The van der Waals surface area contributed by atoms with Gasteiger partial charge in [0.1, 0.15) is 0 Å². The number of hydrogen-bond donors (Lipinski definition) is 1. The minimum atomic E-state index is 0.843. The third kappa shape index (κ3) is 2.01. The van der Waals surface area contributed by atoms with E-state index in [9.17, 15) is 0 Å². The van der Waals surface area contributed by atoms with Crippen LogP contribution in [0.2, 0.25) is 0 Å². The lowest BCUT2D eigenvalue weighted by atomic mass is 10.0. The van der Waals surface area contributed by atoms with Crippen molar-refractivity contribution in [2.75, 3.05) is 19.5 Å². The Morgan fingerprint density at radius 1 is 1.21 bits per heavy atom. The third-order valence-corrected chi connectivity index (χ3v) is 2.35. The molecule has 1 aliphatic rings. The number of rotatable bonds is 2. The van der Waals surface area contributed by atoms with Crippen LogP contribution in [0.25, 0.3) is 0 Å². The van der Waals surface area contributed by atoms with Crippen molar-refractivity contribution < 1.29 is 0 Å². The van der Waals surface area contributed by atoms with Crippen LogP contribution in [-0.4, -0.2) is 29.1 Å². The number of hydrazine groups is 1. The Balaban J connectivity index is 2.20. The fourth-order valence-corrected chi connectivity index (χ4v) is 1.73.